The van der Waals surface area contributed by atoms with Gasteiger partial charge in [-0.2, -0.15) is 0 Å². The minimum absolute atomic E-state index is 0.0664. The van der Waals surface area contributed by atoms with E-state index in [1.165, 1.54) is 10.6 Å². The number of fused-ring (bicyclic) bond motifs is 1. The fourth-order valence-electron chi connectivity index (χ4n) is 5.34. The Bertz CT molecular complexity index is 971. The van der Waals surface area contributed by atoms with Gasteiger partial charge in [0.2, 0.25) is 5.91 Å². The molecule has 1 aliphatic carbocycles. The number of hydrogen-bond acceptors (Lipinski definition) is 4. The number of hydrogen-bond donors (Lipinski definition) is 0. The van der Waals surface area contributed by atoms with E-state index in [9.17, 15) is 14.4 Å². The number of rotatable bonds is 4. The highest BCUT2D eigenvalue weighted by Gasteiger charge is 2.38. The Hall–Kier alpha value is -3.15. The van der Waals surface area contributed by atoms with Gasteiger partial charge in [0.05, 0.1) is 11.1 Å². The largest absolute Gasteiger partial charge is 0.368 e. The summed E-state index contributed by atoms with van der Waals surface area (Å²) in [6.07, 6.45) is 3.44. The third-order valence-electron chi connectivity index (χ3n) is 7.23. The predicted molar refractivity (Wildman–Crippen MR) is 122 cm³/mol. The maximum absolute atomic E-state index is 13.1. The molecule has 2 aromatic carbocycles. The molecule has 0 radical (unpaired) electrons. The van der Waals surface area contributed by atoms with Gasteiger partial charge in [-0.05, 0) is 55.9 Å². The van der Waals surface area contributed by atoms with Crippen molar-refractivity contribution in [2.24, 2.45) is 11.8 Å². The molecule has 6 heteroatoms. The number of amides is 3. The van der Waals surface area contributed by atoms with Gasteiger partial charge in [0.1, 0.15) is 0 Å². The third kappa shape index (κ3) is 3.90. The van der Waals surface area contributed by atoms with Crippen molar-refractivity contribution in [2.75, 3.05) is 37.6 Å². The molecule has 0 atom stereocenters. The lowest BCUT2D eigenvalue weighted by molar-refractivity contribution is -0.137. The average Bonchev–Trinajstić information content (AvgIpc) is 3.10. The van der Waals surface area contributed by atoms with Gasteiger partial charge in [-0.1, -0.05) is 30.3 Å². The Morgan fingerprint density at radius 1 is 0.750 bits per heavy atom. The standard InChI is InChI=1S/C26H29N3O3/c30-24(28-16-14-27(15-17-28)21-6-2-1-3-7-21)20-12-10-19(11-13-20)18-29-25(31)22-8-4-5-9-23(22)26(29)32/h1-9,19-20H,10-18H2. The summed E-state index contributed by atoms with van der Waals surface area (Å²) in [5, 5.41) is 0. The van der Waals surface area contributed by atoms with Crippen molar-refractivity contribution in [1.29, 1.82) is 0 Å². The lowest BCUT2D eigenvalue weighted by atomic mass is 9.81. The van der Waals surface area contributed by atoms with E-state index in [1.54, 1.807) is 24.3 Å². The van der Waals surface area contributed by atoms with E-state index in [0.29, 0.717) is 17.7 Å². The van der Waals surface area contributed by atoms with Crippen LogP contribution in [0, 0.1) is 11.8 Å². The van der Waals surface area contributed by atoms with E-state index in [1.807, 2.05) is 23.1 Å². The fourth-order valence-corrected chi connectivity index (χ4v) is 5.34. The molecule has 0 aromatic heterocycles. The third-order valence-corrected chi connectivity index (χ3v) is 7.23. The minimum Gasteiger partial charge on any atom is -0.368 e. The Morgan fingerprint density at radius 2 is 1.31 bits per heavy atom. The SMILES string of the molecule is O=C(C1CCC(CN2C(=O)c3ccccc3C2=O)CC1)N1CCN(c2ccccc2)CC1. The maximum atomic E-state index is 13.1. The highest BCUT2D eigenvalue weighted by atomic mass is 16.2. The maximum Gasteiger partial charge on any atom is 0.261 e. The summed E-state index contributed by atoms with van der Waals surface area (Å²) < 4.78 is 0. The smallest absolute Gasteiger partial charge is 0.261 e. The lowest BCUT2D eigenvalue weighted by Crippen LogP contribution is -2.51. The van der Waals surface area contributed by atoms with Gasteiger partial charge in [-0.3, -0.25) is 19.3 Å². The van der Waals surface area contributed by atoms with Crippen LogP contribution in [0.5, 0.6) is 0 Å². The molecule has 6 nitrogen and oxygen atoms in total. The highest BCUT2D eigenvalue weighted by Crippen LogP contribution is 2.33. The summed E-state index contributed by atoms with van der Waals surface area (Å²) in [5.74, 6) is 0.255. The van der Waals surface area contributed by atoms with E-state index >= 15 is 0 Å². The molecule has 3 amide bonds. The second kappa shape index (κ2) is 8.77. The monoisotopic (exact) mass is 431 g/mol. The van der Waals surface area contributed by atoms with Gasteiger partial charge >= 0.3 is 0 Å². The summed E-state index contributed by atoms with van der Waals surface area (Å²) in [5.41, 5.74) is 2.24. The van der Waals surface area contributed by atoms with Crippen LogP contribution in [-0.4, -0.2) is 60.2 Å². The zero-order chi connectivity index (χ0) is 22.1. The van der Waals surface area contributed by atoms with Crippen LogP contribution in [0.2, 0.25) is 0 Å². The van der Waals surface area contributed by atoms with Crippen molar-refractivity contribution in [3.05, 3.63) is 65.7 Å². The molecular weight excluding hydrogens is 402 g/mol. The van der Waals surface area contributed by atoms with Crippen LogP contribution in [0.4, 0.5) is 5.69 Å². The molecule has 2 aromatic rings. The molecule has 0 unspecified atom stereocenters. The first kappa shape index (κ1) is 20.7. The fraction of sp³-hybridized carbons (Fsp3) is 0.423. The second-order valence-electron chi connectivity index (χ2n) is 9.13. The summed E-state index contributed by atoms with van der Waals surface area (Å²) >= 11 is 0. The summed E-state index contributed by atoms with van der Waals surface area (Å²) in [6, 6.07) is 17.4. The molecule has 0 spiro atoms. The number of benzene rings is 2. The molecule has 1 saturated carbocycles. The Balaban J connectivity index is 1.11. The molecule has 32 heavy (non-hydrogen) atoms. The van der Waals surface area contributed by atoms with Crippen LogP contribution in [0.15, 0.2) is 54.6 Å². The molecule has 0 bridgehead atoms. The second-order valence-corrected chi connectivity index (χ2v) is 9.13. The van der Waals surface area contributed by atoms with E-state index in [-0.39, 0.29) is 29.6 Å². The van der Waals surface area contributed by atoms with Gasteiger partial charge in [0, 0.05) is 44.3 Å². The molecule has 2 heterocycles. The van der Waals surface area contributed by atoms with E-state index in [4.69, 9.17) is 0 Å². The van der Waals surface area contributed by atoms with Crippen molar-refractivity contribution >= 4 is 23.4 Å². The molecule has 5 rings (SSSR count). The first-order valence-electron chi connectivity index (χ1n) is 11.7. The number of piperazine rings is 1. The minimum atomic E-state index is -0.180. The number of carbonyl (C=O) groups excluding carboxylic acids is 3. The predicted octanol–water partition coefficient (Wildman–Crippen LogP) is 3.44. The van der Waals surface area contributed by atoms with Gasteiger partial charge < -0.3 is 9.80 Å². The molecule has 2 fully saturated rings. The van der Waals surface area contributed by atoms with Crippen molar-refractivity contribution in [3.8, 4) is 0 Å². The van der Waals surface area contributed by atoms with Crippen LogP contribution in [0.25, 0.3) is 0 Å². The van der Waals surface area contributed by atoms with Crippen LogP contribution >= 0.6 is 0 Å². The van der Waals surface area contributed by atoms with Crippen LogP contribution in [0.1, 0.15) is 46.4 Å². The number of nitrogens with zero attached hydrogens (tertiary/aromatic N) is 3. The van der Waals surface area contributed by atoms with Crippen LogP contribution in [0.3, 0.4) is 0 Å². The molecule has 3 aliphatic rings. The van der Waals surface area contributed by atoms with Crippen LogP contribution < -0.4 is 4.90 Å². The lowest BCUT2D eigenvalue weighted by Gasteiger charge is -2.39. The number of anilines is 1. The van der Waals surface area contributed by atoms with Gasteiger partial charge in [0.25, 0.3) is 11.8 Å². The van der Waals surface area contributed by atoms with E-state index in [2.05, 4.69) is 17.0 Å². The van der Waals surface area contributed by atoms with E-state index in [0.717, 1.165) is 51.9 Å². The van der Waals surface area contributed by atoms with Gasteiger partial charge in [-0.15, -0.1) is 0 Å². The van der Waals surface area contributed by atoms with Crippen molar-refractivity contribution in [3.63, 3.8) is 0 Å². The molecule has 166 valence electrons. The normalized spacial score (nSPS) is 23.4. The van der Waals surface area contributed by atoms with Crippen LogP contribution in [-0.2, 0) is 4.79 Å². The van der Waals surface area contributed by atoms with Crippen molar-refractivity contribution in [1.82, 2.24) is 9.80 Å². The molecule has 2 aliphatic heterocycles. The number of imide groups is 1. The van der Waals surface area contributed by atoms with Crippen molar-refractivity contribution in [2.45, 2.75) is 25.7 Å². The van der Waals surface area contributed by atoms with Gasteiger partial charge in [-0.25, -0.2) is 0 Å². The Kier molecular flexibility index (Phi) is 5.68. The van der Waals surface area contributed by atoms with E-state index < -0.39 is 0 Å². The summed E-state index contributed by atoms with van der Waals surface area (Å²) in [6.45, 7) is 3.73. The van der Waals surface area contributed by atoms with Crippen molar-refractivity contribution < 1.29 is 14.4 Å². The summed E-state index contributed by atoms with van der Waals surface area (Å²) in [7, 11) is 0. The number of carbonyl (C=O) groups is 3. The summed E-state index contributed by atoms with van der Waals surface area (Å²) in [4.78, 5) is 44.1. The van der Waals surface area contributed by atoms with Gasteiger partial charge in [0.15, 0.2) is 0 Å². The molecule has 1 saturated heterocycles. The Labute approximate surface area is 188 Å². The first-order chi connectivity index (χ1) is 15.6. The zero-order valence-corrected chi connectivity index (χ0v) is 18.3. The molecular formula is C26H29N3O3. The average molecular weight is 432 g/mol. The number of para-hydroxylation sites is 1. The topological polar surface area (TPSA) is 60.9 Å². The quantitative estimate of drug-likeness (QED) is 0.696. The first-order valence-corrected chi connectivity index (χ1v) is 11.7. The zero-order valence-electron chi connectivity index (χ0n) is 18.3. The Morgan fingerprint density at radius 3 is 1.91 bits per heavy atom. The molecule has 0 N–H and O–H groups in total. The highest BCUT2D eigenvalue weighted by molar-refractivity contribution is 6.21.